The molecule has 0 radical (unpaired) electrons. The monoisotopic (exact) mass is 445 g/mol. The summed E-state index contributed by atoms with van der Waals surface area (Å²) in [5, 5.41) is 6.48. The smallest absolute Gasteiger partial charge is 0.223 e. The molecule has 1 fully saturated rings. The summed E-state index contributed by atoms with van der Waals surface area (Å²) in [5.41, 5.74) is 1.80. The van der Waals surface area contributed by atoms with Crippen molar-refractivity contribution in [1.29, 1.82) is 0 Å². The van der Waals surface area contributed by atoms with E-state index in [0.717, 1.165) is 26.1 Å². The molecule has 1 aliphatic heterocycles. The summed E-state index contributed by atoms with van der Waals surface area (Å²) in [6.45, 7) is 3.65. The van der Waals surface area contributed by atoms with Gasteiger partial charge >= 0.3 is 0 Å². The predicted molar refractivity (Wildman–Crippen MR) is 119 cm³/mol. The molecular weight excluding hydrogens is 421 g/mol. The van der Waals surface area contributed by atoms with E-state index in [1.165, 1.54) is 31.3 Å². The van der Waals surface area contributed by atoms with E-state index in [9.17, 15) is 4.39 Å². The van der Waals surface area contributed by atoms with Crippen LogP contribution in [-0.2, 0) is 4.74 Å². The molecule has 0 bridgehead atoms. The first kappa shape index (κ1) is 21.6. The molecule has 3 aromatic rings. The second-order valence-electron chi connectivity index (χ2n) is 7.60. The summed E-state index contributed by atoms with van der Waals surface area (Å²) >= 11 is 5.88. The summed E-state index contributed by atoms with van der Waals surface area (Å²) in [4.78, 5) is 19.8. The number of likely N-dealkylation sites (tertiary alicyclic amines) is 1. The highest BCUT2D eigenvalue weighted by atomic mass is 35.5. The number of hydrogen-bond donors (Lipinski definition) is 2. The van der Waals surface area contributed by atoms with Gasteiger partial charge in [0, 0.05) is 32.4 Å². The molecule has 3 heterocycles. The van der Waals surface area contributed by atoms with Gasteiger partial charge in [-0.1, -0.05) is 11.6 Å². The topological polar surface area (TPSA) is 88.1 Å². The molecule has 2 N–H and O–H groups in total. The van der Waals surface area contributed by atoms with E-state index in [4.69, 9.17) is 16.3 Å². The van der Waals surface area contributed by atoms with Crippen molar-refractivity contribution in [3.05, 3.63) is 41.6 Å². The van der Waals surface area contributed by atoms with Crippen LogP contribution >= 0.6 is 11.6 Å². The maximum atomic E-state index is 13.4. The Balaban J connectivity index is 1.39. The molecule has 1 saturated heterocycles. The zero-order valence-corrected chi connectivity index (χ0v) is 18.1. The molecule has 1 aliphatic rings. The van der Waals surface area contributed by atoms with Crippen LogP contribution < -0.4 is 10.6 Å². The number of piperidine rings is 1. The van der Waals surface area contributed by atoms with Gasteiger partial charge in [0.1, 0.15) is 23.2 Å². The first-order valence-corrected chi connectivity index (χ1v) is 10.6. The van der Waals surface area contributed by atoms with Crippen molar-refractivity contribution in [1.82, 2.24) is 24.8 Å². The van der Waals surface area contributed by atoms with Crippen molar-refractivity contribution in [2.45, 2.75) is 19.3 Å². The van der Waals surface area contributed by atoms with Crippen LogP contribution in [0.4, 0.5) is 21.8 Å². The van der Waals surface area contributed by atoms with Gasteiger partial charge in [0.05, 0.1) is 18.0 Å². The Hall–Kier alpha value is -2.62. The van der Waals surface area contributed by atoms with Gasteiger partial charge in [0.25, 0.3) is 0 Å². The highest BCUT2D eigenvalue weighted by Gasteiger charge is 2.18. The third-order valence-corrected chi connectivity index (χ3v) is 5.70. The van der Waals surface area contributed by atoms with Gasteiger partial charge in [-0.05, 0) is 43.4 Å². The van der Waals surface area contributed by atoms with Crippen LogP contribution in [0.5, 0.6) is 0 Å². The Morgan fingerprint density at radius 3 is 2.84 bits per heavy atom. The van der Waals surface area contributed by atoms with E-state index in [1.54, 1.807) is 19.4 Å². The molecule has 1 aromatic carbocycles. The largest absolute Gasteiger partial charge is 0.369 e. The summed E-state index contributed by atoms with van der Waals surface area (Å²) in [6, 6.07) is 4.40. The van der Waals surface area contributed by atoms with E-state index in [0.29, 0.717) is 41.1 Å². The van der Waals surface area contributed by atoms with Crippen molar-refractivity contribution in [3.63, 3.8) is 0 Å². The maximum absolute atomic E-state index is 13.4. The fourth-order valence-corrected chi connectivity index (χ4v) is 3.90. The standard InChI is InChI=1S/C21H25ClFN7O/c1-31-13-30-8-5-14(6-9-30)4-7-24-21-25-11-18-19(29-21)20(27-12-26-18)28-15-2-3-17(23)16(22)10-15/h2-3,10-12,14H,4-9,13H2,1H3,(H,24,25,29)(H,26,27,28). The van der Waals surface area contributed by atoms with Crippen molar-refractivity contribution >= 4 is 40.1 Å². The molecule has 0 aliphatic carbocycles. The number of anilines is 3. The minimum absolute atomic E-state index is 0.0356. The first-order valence-electron chi connectivity index (χ1n) is 10.3. The fraction of sp³-hybridized carbons (Fsp3) is 0.429. The second-order valence-corrected chi connectivity index (χ2v) is 8.01. The van der Waals surface area contributed by atoms with Gasteiger partial charge in [-0.25, -0.2) is 24.3 Å². The SMILES string of the molecule is COCN1CCC(CCNc2ncc3ncnc(Nc4ccc(F)c(Cl)c4)c3n2)CC1. The van der Waals surface area contributed by atoms with Crippen LogP contribution in [0.15, 0.2) is 30.7 Å². The highest BCUT2D eigenvalue weighted by Crippen LogP contribution is 2.25. The van der Waals surface area contributed by atoms with E-state index < -0.39 is 5.82 Å². The number of fused-ring (bicyclic) bond motifs is 1. The Morgan fingerprint density at radius 1 is 1.23 bits per heavy atom. The lowest BCUT2D eigenvalue weighted by Gasteiger charge is -2.31. The van der Waals surface area contributed by atoms with Crippen LogP contribution in [0.1, 0.15) is 19.3 Å². The van der Waals surface area contributed by atoms with Crippen LogP contribution in [-0.4, -0.2) is 58.3 Å². The van der Waals surface area contributed by atoms with Gasteiger partial charge in [0.15, 0.2) is 5.82 Å². The van der Waals surface area contributed by atoms with Crippen molar-refractivity contribution < 1.29 is 9.13 Å². The van der Waals surface area contributed by atoms with E-state index >= 15 is 0 Å². The van der Waals surface area contributed by atoms with Gasteiger partial charge in [0.2, 0.25) is 5.95 Å². The van der Waals surface area contributed by atoms with E-state index in [1.807, 2.05) is 0 Å². The quantitative estimate of drug-likeness (QED) is 0.536. The number of hydrogen-bond acceptors (Lipinski definition) is 8. The van der Waals surface area contributed by atoms with Crippen LogP contribution in [0, 0.1) is 11.7 Å². The number of halogens is 2. The normalized spacial score (nSPS) is 15.3. The lowest BCUT2D eigenvalue weighted by Crippen LogP contribution is -2.35. The molecule has 2 aromatic heterocycles. The minimum atomic E-state index is -0.474. The maximum Gasteiger partial charge on any atom is 0.223 e. The molecule has 31 heavy (non-hydrogen) atoms. The number of ether oxygens (including phenoxy) is 1. The Bertz CT molecular complexity index is 1030. The van der Waals surface area contributed by atoms with Crippen LogP contribution in [0.3, 0.4) is 0 Å². The average Bonchev–Trinajstić information content (AvgIpc) is 2.78. The van der Waals surface area contributed by atoms with Gasteiger partial charge in [-0.2, -0.15) is 0 Å². The van der Waals surface area contributed by atoms with Crippen LogP contribution in [0.25, 0.3) is 11.0 Å². The third-order valence-electron chi connectivity index (χ3n) is 5.41. The first-order chi connectivity index (χ1) is 15.1. The fourth-order valence-electron chi connectivity index (χ4n) is 3.72. The number of nitrogens with one attached hydrogen (secondary N) is 2. The zero-order chi connectivity index (χ0) is 21.6. The molecule has 0 spiro atoms. The van der Waals surface area contributed by atoms with Crippen molar-refractivity contribution in [3.8, 4) is 0 Å². The van der Waals surface area contributed by atoms with Crippen LogP contribution in [0.2, 0.25) is 5.02 Å². The van der Waals surface area contributed by atoms with E-state index in [-0.39, 0.29) is 5.02 Å². The molecule has 10 heteroatoms. The molecule has 4 rings (SSSR count). The summed E-state index contributed by atoms with van der Waals surface area (Å²) in [6.07, 6.45) is 6.50. The number of benzene rings is 1. The third kappa shape index (κ3) is 5.55. The highest BCUT2D eigenvalue weighted by molar-refractivity contribution is 6.31. The molecule has 164 valence electrons. The number of aromatic nitrogens is 4. The minimum Gasteiger partial charge on any atom is -0.369 e. The summed E-state index contributed by atoms with van der Waals surface area (Å²) in [7, 11) is 1.74. The zero-order valence-electron chi connectivity index (χ0n) is 17.3. The number of nitrogens with zero attached hydrogens (tertiary/aromatic N) is 5. The van der Waals surface area contributed by atoms with Gasteiger partial charge < -0.3 is 15.4 Å². The second kappa shape index (κ2) is 10.1. The summed E-state index contributed by atoms with van der Waals surface area (Å²) in [5.74, 6) is 1.24. The number of rotatable bonds is 8. The van der Waals surface area contributed by atoms with Crippen molar-refractivity contribution in [2.24, 2.45) is 5.92 Å². The van der Waals surface area contributed by atoms with Gasteiger partial charge in [-0.3, -0.25) is 4.90 Å². The van der Waals surface area contributed by atoms with Gasteiger partial charge in [-0.15, -0.1) is 0 Å². The lowest BCUT2D eigenvalue weighted by atomic mass is 9.94. The molecular formula is C21H25ClFN7O. The Kier molecular flexibility index (Phi) is 7.06. The lowest BCUT2D eigenvalue weighted by molar-refractivity contribution is 0.0388. The molecule has 0 saturated carbocycles. The average molecular weight is 446 g/mol. The number of methoxy groups -OCH3 is 1. The summed E-state index contributed by atoms with van der Waals surface area (Å²) < 4.78 is 18.6. The Labute approximate surface area is 185 Å². The molecule has 0 amide bonds. The van der Waals surface area contributed by atoms with E-state index in [2.05, 4.69) is 35.5 Å². The molecule has 0 unspecified atom stereocenters. The molecule has 8 nitrogen and oxygen atoms in total. The Morgan fingerprint density at radius 2 is 2.06 bits per heavy atom. The molecule has 0 atom stereocenters. The predicted octanol–water partition coefficient (Wildman–Crippen LogP) is 4.07. The van der Waals surface area contributed by atoms with Crippen molar-refractivity contribution in [2.75, 3.05) is 44.1 Å².